The monoisotopic (exact) mass is 264 g/mol. The van der Waals surface area contributed by atoms with E-state index in [1.54, 1.807) is 13.8 Å². The fourth-order valence-corrected chi connectivity index (χ4v) is 2.87. The number of hydrogen-bond donors (Lipinski definition) is 3. The molecule has 2 aliphatic carbocycles. The average Bonchev–Trinajstić information content (AvgIpc) is 2.80. The maximum absolute atomic E-state index is 11.3. The third kappa shape index (κ3) is 1.68. The fourth-order valence-electron chi connectivity index (χ4n) is 2.87. The summed E-state index contributed by atoms with van der Waals surface area (Å²) in [5.74, 6) is -5.60. The maximum Gasteiger partial charge on any atom is 0.333 e. The van der Waals surface area contributed by atoms with E-state index >= 15 is 0 Å². The van der Waals surface area contributed by atoms with Crippen molar-refractivity contribution in [2.24, 2.45) is 11.8 Å². The Hall–Kier alpha value is -2.37. The summed E-state index contributed by atoms with van der Waals surface area (Å²) in [4.78, 5) is 33.7. The van der Waals surface area contributed by atoms with Crippen LogP contribution in [0.15, 0.2) is 33.9 Å². The molecule has 2 atom stereocenters. The Morgan fingerprint density at radius 3 is 1.84 bits per heavy atom. The minimum absolute atomic E-state index is 0.0522. The lowest BCUT2D eigenvalue weighted by atomic mass is 9.89. The van der Waals surface area contributed by atoms with Crippen LogP contribution in [0.25, 0.3) is 0 Å². The van der Waals surface area contributed by atoms with Crippen LogP contribution >= 0.6 is 0 Å². The van der Waals surface area contributed by atoms with Crippen LogP contribution in [0.3, 0.4) is 0 Å². The molecule has 0 amide bonds. The van der Waals surface area contributed by atoms with Gasteiger partial charge in [0.1, 0.15) is 0 Å². The van der Waals surface area contributed by atoms with Crippen LogP contribution in [0.1, 0.15) is 13.8 Å². The lowest BCUT2D eigenvalue weighted by Crippen LogP contribution is -2.20. The number of rotatable bonds is 3. The van der Waals surface area contributed by atoms with Gasteiger partial charge in [0.2, 0.25) is 0 Å². The first-order chi connectivity index (χ1) is 8.77. The Morgan fingerprint density at radius 2 is 1.47 bits per heavy atom. The van der Waals surface area contributed by atoms with Crippen molar-refractivity contribution in [3.05, 3.63) is 33.9 Å². The Bertz CT molecular complexity index is 601. The van der Waals surface area contributed by atoms with Crippen molar-refractivity contribution in [1.82, 2.24) is 0 Å². The molecule has 2 aliphatic rings. The van der Waals surface area contributed by atoms with Gasteiger partial charge in [-0.15, -0.1) is 0 Å². The van der Waals surface area contributed by atoms with Gasteiger partial charge in [0.05, 0.1) is 11.1 Å². The van der Waals surface area contributed by atoms with Gasteiger partial charge in [-0.25, -0.2) is 14.4 Å². The Labute approximate surface area is 108 Å². The number of aliphatic carboxylic acids is 3. The molecular weight excluding hydrogens is 252 g/mol. The zero-order valence-electron chi connectivity index (χ0n) is 10.3. The molecule has 0 aromatic carbocycles. The van der Waals surface area contributed by atoms with E-state index in [-0.39, 0.29) is 16.7 Å². The van der Waals surface area contributed by atoms with Gasteiger partial charge in [-0.05, 0) is 19.4 Å². The van der Waals surface area contributed by atoms with Crippen LogP contribution in [0.2, 0.25) is 0 Å². The summed E-state index contributed by atoms with van der Waals surface area (Å²) in [5.41, 5.74) is 0.709. The van der Waals surface area contributed by atoms with E-state index in [9.17, 15) is 19.5 Å². The molecule has 0 spiro atoms. The minimum atomic E-state index is -1.38. The predicted molar refractivity (Wildman–Crippen MR) is 63.4 cm³/mol. The van der Waals surface area contributed by atoms with Gasteiger partial charge in [0, 0.05) is 17.4 Å². The van der Waals surface area contributed by atoms with Crippen molar-refractivity contribution in [2.45, 2.75) is 13.8 Å². The molecule has 2 unspecified atom stereocenters. The van der Waals surface area contributed by atoms with Crippen molar-refractivity contribution in [1.29, 1.82) is 0 Å². The molecular formula is C13H12O6. The van der Waals surface area contributed by atoms with Crippen LogP contribution in [-0.4, -0.2) is 33.2 Å². The molecule has 6 heteroatoms. The first-order valence-corrected chi connectivity index (χ1v) is 5.60. The molecule has 0 fully saturated rings. The van der Waals surface area contributed by atoms with E-state index in [0.717, 1.165) is 5.57 Å². The Kier molecular flexibility index (Phi) is 2.81. The molecule has 6 nitrogen and oxygen atoms in total. The molecule has 0 aromatic rings. The van der Waals surface area contributed by atoms with E-state index in [0.29, 0.717) is 5.57 Å². The summed E-state index contributed by atoms with van der Waals surface area (Å²) < 4.78 is 0. The molecule has 0 aliphatic heterocycles. The van der Waals surface area contributed by atoms with Gasteiger partial charge >= 0.3 is 17.9 Å². The van der Waals surface area contributed by atoms with Gasteiger partial charge in [-0.2, -0.15) is 0 Å². The molecule has 0 saturated carbocycles. The smallest absolute Gasteiger partial charge is 0.333 e. The molecule has 2 bridgehead atoms. The molecule has 0 aromatic heterocycles. The van der Waals surface area contributed by atoms with E-state index in [4.69, 9.17) is 10.2 Å². The third-order valence-electron chi connectivity index (χ3n) is 3.48. The number of carboxylic acid groups (broad SMARTS) is 3. The number of hydrogen-bond acceptors (Lipinski definition) is 3. The lowest BCUT2D eigenvalue weighted by molar-refractivity contribution is -0.136. The summed E-state index contributed by atoms with van der Waals surface area (Å²) in [5, 5.41) is 27.5. The number of fused-ring (bicyclic) bond motifs is 2. The Morgan fingerprint density at radius 1 is 0.947 bits per heavy atom. The van der Waals surface area contributed by atoms with Crippen LogP contribution in [-0.2, 0) is 14.4 Å². The van der Waals surface area contributed by atoms with Gasteiger partial charge in [0.15, 0.2) is 0 Å². The van der Waals surface area contributed by atoms with E-state index in [1.807, 2.05) is 0 Å². The van der Waals surface area contributed by atoms with E-state index < -0.39 is 29.7 Å². The third-order valence-corrected chi connectivity index (χ3v) is 3.48. The van der Waals surface area contributed by atoms with Crippen molar-refractivity contribution < 1.29 is 29.7 Å². The van der Waals surface area contributed by atoms with Gasteiger partial charge in [-0.3, -0.25) is 0 Å². The molecule has 2 rings (SSSR count). The zero-order chi connectivity index (χ0) is 14.5. The zero-order valence-corrected chi connectivity index (χ0v) is 10.3. The van der Waals surface area contributed by atoms with Crippen molar-refractivity contribution in [3.8, 4) is 0 Å². The van der Waals surface area contributed by atoms with Crippen molar-refractivity contribution >= 4 is 17.9 Å². The highest BCUT2D eigenvalue weighted by atomic mass is 16.4. The van der Waals surface area contributed by atoms with Crippen LogP contribution < -0.4 is 0 Å². The average molecular weight is 264 g/mol. The van der Waals surface area contributed by atoms with Gasteiger partial charge in [0.25, 0.3) is 0 Å². The van der Waals surface area contributed by atoms with Crippen molar-refractivity contribution in [2.75, 3.05) is 0 Å². The highest BCUT2D eigenvalue weighted by Crippen LogP contribution is 2.53. The quantitative estimate of drug-likeness (QED) is 0.657. The normalized spacial score (nSPS) is 24.5. The van der Waals surface area contributed by atoms with Crippen LogP contribution in [0.5, 0.6) is 0 Å². The number of carbonyl (C=O) groups is 3. The topological polar surface area (TPSA) is 112 Å². The standard InChI is InChI=1S/C13H12O6/c1-4(2)7-5-3-6(11(14)15)8(7)10(13(18)19)9(5)12(16)17/h3,5,8H,1-2H3,(H,14,15)(H,16,17)(H,18,19). The van der Waals surface area contributed by atoms with Crippen LogP contribution in [0.4, 0.5) is 0 Å². The molecule has 0 saturated heterocycles. The second kappa shape index (κ2) is 4.08. The van der Waals surface area contributed by atoms with Crippen LogP contribution in [0, 0.1) is 11.8 Å². The highest BCUT2D eigenvalue weighted by molar-refractivity contribution is 6.07. The van der Waals surface area contributed by atoms with Crippen molar-refractivity contribution in [3.63, 3.8) is 0 Å². The minimum Gasteiger partial charge on any atom is -0.478 e. The SMILES string of the molecule is CC(C)=C1C2C=C(C(=O)O)C1C(C(=O)O)=C2C(=O)O. The molecule has 19 heavy (non-hydrogen) atoms. The first kappa shape index (κ1) is 13.1. The first-order valence-electron chi connectivity index (χ1n) is 5.60. The van der Waals surface area contributed by atoms with E-state index in [2.05, 4.69) is 0 Å². The van der Waals surface area contributed by atoms with E-state index in [1.165, 1.54) is 6.08 Å². The largest absolute Gasteiger partial charge is 0.478 e. The number of carboxylic acids is 3. The molecule has 0 heterocycles. The van der Waals surface area contributed by atoms with Gasteiger partial charge in [-0.1, -0.05) is 11.6 Å². The number of allylic oxidation sites excluding steroid dienone is 3. The van der Waals surface area contributed by atoms with Gasteiger partial charge < -0.3 is 15.3 Å². The summed E-state index contributed by atoms with van der Waals surface area (Å²) in [7, 11) is 0. The molecule has 3 N–H and O–H groups in total. The Balaban J connectivity index is 2.70. The summed E-state index contributed by atoms with van der Waals surface area (Å²) in [6.07, 6.45) is 1.34. The summed E-state index contributed by atoms with van der Waals surface area (Å²) >= 11 is 0. The summed E-state index contributed by atoms with van der Waals surface area (Å²) in [6.45, 7) is 3.44. The second-order valence-corrected chi connectivity index (χ2v) is 4.73. The molecule has 100 valence electrons. The maximum atomic E-state index is 11.3. The summed E-state index contributed by atoms with van der Waals surface area (Å²) in [6, 6.07) is 0. The molecule has 0 radical (unpaired) electrons. The predicted octanol–water partition coefficient (Wildman–Crippen LogP) is 1.06. The second-order valence-electron chi connectivity index (χ2n) is 4.73. The fraction of sp³-hybridized carbons (Fsp3) is 0.308. The lowest BCUT2D eigenvalue weighted by Gasteiger charge is -2.13. The highest BCUT2D eigenvalue weighted by Gasteiger charge is 2.51.